The molecule has 2 heterocycles. The van der Waals surface area contributed by atoms with Gasteiger partial charge in [0, 0.05) is 24.5 Å². The van der Waals surface area contributed by atoms with E-state index in [0.29, 0.717) is 6.17 Å². The molecule has 1 unspecified atom stereocenters. The summed E-state index contributed by atoms with van der Waals surface area (Å²) < 4.78 is 0. The predicted octanol–water partition coefficient (Wildman–Crippen LogP) is 3.37. The van der Waals surface area contributed by atoms with Crippen molar-refractivity contribution in [2.75, 3.05) is 22.9 Å². The third kappa shape index (κ3) is 1.64. The van der Waals surface area contributed by atoms with E-state index in [0.717, 1.165) is 13.1 Å². The van der Waals surface area contributed by atoms with Crippen LogP contribution in [-0.4, -0.2) is 19.3 Å². The van der Waals surface area contributed by atoms with Gasteiger partial charge in [-0.15, -0.1) is 0 Å². The molecule has 94 valence electrons. The highest BCUT2D eigenvalue weighted by molar-refractivity contribution is 5.75. The second kappa shape index (κ2) is 4.16. The first-order valence-corrected chi connectivity index (χ1v) is 6.79. The number of para-hydroxylation sites is 2. The molecule has 2 aliphatic rings. The normalized spacial score (nSPS) is 20.3. The van der Waals surface area contributed by atoms with Crippen molar-refractivity contribution in [1.82, 2.24) is 0 Å². The summed E-state index contributed by atoms with van der Waals surface area (Å²) in [7, 11) is 0. The molecule has 19 heavy (non-hydrogen) atoms. The van der Waals surface area contributed by atoms with Crippen LogP contribution in [0.4, 0.5) is 11.4 Å². The molecule has 1 saturated heterocycles. The molecule has 4 rings (SSSR count). The van der Waals surface area contributed by atoms with E-state index in [-0.39, 0.29) is 0 Å². The van der Waals surface area contributed by atoms with Crippen LogP contribution in [0.25, 0.3) is 6.08 Å². The lowest BCUT2D eigenvalue weighted by atomic mass is 10.1. The summed E-state index contributed by atoms with van der Waals surface area (Å²) in [6.07, 6.45) is 4.91. The average Bonchev–Trinajstić information content (AvgIpc) is 2.92. The fraction of sp³-hybridized carbons (Fsp3) is 0.176. The van der Waals surface area contributed by atoms with Crippen LogP contribution in [0.2, 0.25) is 0 Å². The van der Waals surface area contributed by atoms with Crippen molar-refractivity contribution in [3.63, 3.8) is 0 Å². The van der Waals surface area contributed by atoms with Crippen LogP contribution < -0.4 is 9.80 Å². The first-order valence-electron chi connectivity index (χ1n) is 6.79. The van der Waals surface area contributed by atoms with Gasteiger partial charge in [-0.1, -0.05) is 42.5 Å². The topological polar surface area (TPSA) is 6.48 Å². The maximum atomic E-state index is 2.49. The molecule has 0 spiro atoms. The van der Waals surface area contributed by atoms with E-state index >= 15 is 0 Å². The molecule has 1 atom stereocenters. The third-order valence-electron chi connectivity index (χ3n) is 4.00. The molecule has 0 N–H and O–H groups in total. The number of hydrogen-bond donors (Lipinski definition) is 0. The molecule has 0 aromatic heterocycles. The summed E-state index contributed by atoms with van der Waals surface area (Å²) in [5.41, 5.74) is 3.99. The Labute approximate surface area is 113 Å². The lowest BCUT2D eigenvalue weighted by Gasteiger charge is -2.34. The summed E-state index contributed by atoms with van der Waals surface area (Å²) in [6, 6.07) is 19.3. The van der Waals surface area contributed by atoms with E-state index in [1.807, 2.05) is 0 Å². The lowest BCUT2D eigenvalue weighted by Crippen LogP contribution is -2.38. The van der Waals surface area contributed by atoms with E-state index in [1.165, 1.54) is 16.9 Å². The van der Waals surface area contributed by atoms with Crippen LogP contribution in [-0.2, 0) is 0 Å². The van der Waals surface area contributed by atoms with Crippen molar-refractivity contribution in [1.29, 1.82) is 0 Å². The van der Waals surface area contributed by atoms with E-state index in [4.69, 9.17) is 0 Å². The van der Waals surface area contributed by atoms with Gasteiger partial charge in [-0.2, -0.15) is 0 Å². The first kappa shape index (κ1) is 10.7. The Hall–Kier alpha value is -2.22. The number of fused-ring (bicyclic) bond motifs is 3. The van der Waals surface area contributed by atoms with E-state index < -0.39 is 0 Å². The zero-order valence-corrected chi connectivity index (χ0v) is 10.7. The molecular weight excluding hydrogens is 232 g/mol. The summed E-state index contributed by atoms with van der Waals surface area (Å²) in [6.45, 7) is 2.16. The summed E-state index contributed by atoms with van der Waals surface area (Å²) >= 11 is 0. The second-order valence-electron chi connectivity index (χ2n) is 5.05. The number of nitrogens with zero attached hydrogens (tertiary/aromatic N) is 2. The smallest absolute Gasteiger partial charge is 0.121 e. The monoisotopic (exact) mass is 248 g/mol. The van der Waals surface area contributed by atoms with Gasteiger partial charge < -0.3 is 9.80 Å². The van der Waals surface area contributed by atoms with Gasteiger partial charge in [-0.05, 0) is 29.8 Å². The van der Waals surface area contributed by atoms with Crippen molar-refractivity contribution in [3.8, 4) is 0 Å². The van der Waals surface area contributed by atoms with Crippen LogP contribution in [0, 0.1) is 0 Å². The highest BCUT2D eigenvalue weighted by Gasteiger charge is 2.32. The Kier molecular flexibility index (Phi) is 2.34. The van der Waals surface area contributed by atoms with E-state index in [9.17, 15) is 0 Å². The molecule has 1 fully saturated rings. The second-order valence-corrected chi connectivity index (χ2v) is 5.05. The number of hydrogen-bond acceptors (Lipinski definition) is 2. The van der Waals surface area contributed by atoms with Crippen molar-refractivity contribution in [2.45, 2.75) is 6.17 Å². The zero-order chi connectivity index (χ0) is 12.7. The quantitative estimate of drug-likeness (QED) is 0.763. The maximum Gasteiger partial charge on any atom is 0.121 e. The average molecular weight is 248 g/mol. The molecule has 2 aromatic carbocycles. The van der Waals surface area contributed by atoms with Gasteiger partial charge >= 0.3 is 0 Å². The van der Waals surface area contributed by atoms with Crippen LogP contribution in [0.15, 0.2) is 60.7 Å². The van der Waals surface area contributed by atoms with E-state index in [1.54, 1.807) is 0 Å². The van der Waals surface area contributed by atoms with Gasteiger partial charge in [0.15, 0.2) is 0 Å². The molecule has 0 amide bonds. The van der Waals surface area contributed by atoms with Crippen molar-refractivity contribution >= 4 is 17.5 Å². The molecule has 2 heteroatoms. The third-order valence-corrected chi connectivity index (χ3v) is 4.00. The summed E-state index contributed by atoms with van der Waals surface area (Å²) in [5, 5.41) is 0. The van der Waals surface area contributed by atoms with Gasteiger partial charge in [-0.25, -0.2) is 0 Å². The Morgan fingerprint density at radius 2 is 1.53 bits per heavy atom. The van der Waals surface area contributed by atoms with Gasteiger partial charge in [0.2, 0.25) is 0 Å². The fourth-order valence-corrected chi connectivity index (χ4v) is 3.10. The predicted molar refractivity (Wildman–Crippen MR) is 80.4 cm³/mol. The first-order chi connectivity index (χ1) is 9.43. The van der Waals surface area contributed by atoms with Crippen LogP contribution in [0.5, 0.6) is 0 Å². The van der Waals surface area contributed by atoms with Gasteiger partial charge in [0.05, 0.1) is 0 Å². The highest BCUT2D eigenvalue weighted by Crippen LogP contribution is 2.34. The minimum Gasteiger partial charge on any atom is -0.346 e. The Morgan fingerprint density at radius 3 is 2.42 bits per heavy atom. The molecular formula is C17H16N2. The summed E-state index contributed by atoms with van der Waals surface area (Å²) in [5.74, 6) is 0. The number of benzene rings is 2. The molecule has 0 aliphatic carbocycles. The Morgan fingerprint density at radius 1 is 0.789 bits per heavy atom. The Balaban J connectivity index is 1.73. The SMILES string of the molecule is C1=CC2N(c3ccccc3)CCN2c2ccccc21. The molecule has 0 saturated carbocycles. The minimum atomic E-state index is 0.359. The zero-order valence-electron chi connectivity index (χ0n) is 10.7. The minimum absolute atomic E-state index is 0.359. The molecule has 2 aromatic rings. The standard InChI is InChI=1S/C17H16N2/c1-2-7-15(8-3-1)18-12-13-19-16-9-5-4-6-14(16)10-11-17(18)19/h1-11,17H,12-13H2. The van der Waals surface area contributed by atoms with Crippen LogP contribution in [0.3, 0.4) is 0 Å². The summed E-state index contributed by atoms with van der Waals surface area (Å²) in [4.78, 5) is 4.95. The van der Waals surface area contributed by atoms with Crippen LogP contribution in [0.1, 0.15) is 5.56 Å². The number of anilines is 2. The largest absolute Gasteiger partial charge is 0.346 e. The van der Waals surface area contributed by atoms with Crippen molar-refractivity contribution < 1.29 is 0 Å². The van der Waals surface area contributed by atoms with Gasteiger partial charge in [0.1, 0.15) is 6.17 Å². The van der Waals surface area contributed by atoms with Gasteiger partial charge in [-0.3, -0.25) is 0 Å². The molecule has 0 radical (unpaired) electrons. The molecule has 2 aliphatic heterocycles. The van der Waals surface area contributed by atoms with Crippen molar-refractivity contribution in [2.24, 2.45) is 0 Å². The van der Waals surface area contributed by atoms with Crippen molar-refractivity contribution in [3.05, 3.63) is 66.2 Å². The van der Waals surface area contributed by atoms with Gasteiger partial charge in [0.25, 0.3) is 0 Å². The highest BCUT2D eigenvalue weighted by atomic mass is 15.4. The van der Waals surface area contributed by atoms with Crippen LogP contribution >= 0.6 is 0 Å². The molecule has 0 bridgehead atoms. The van der Waals surface area contributed by atoms with E-state index in [2.05, 4.69) is 76.5 Å². The maximum absolute atomic E-state index is 2.49. The lowest BCUT2D eigenvalue weighted by molar-refractivity contribution is 0.796. The fourth-order valence-electron chi connectivity index (χ4n) is 3.10. The molecule has 2 nitrogen and oxygen atoms in total. The number of rotatable bonds is 1. The Bertz CT molecular complexity index is 618.